The summed E-state index contributed by atoms with van der Waals surface area (Å²) in [5.41, 5.74) is 7.20. The van der Waals surface area contributed by atoms with E-state index in [1.807, 2.05) is 18.2 Å². The lowest BCUT2D eigenvalue weighted by molar-refractivity contribution is 0.215. The Labute approximate surface area is 114 Å². The molecule has 0 bridgehead atoms. The predicted octanol–water partition coefficient (Wildman–Crippen LogP) is 3.16. The van der Waals surface area contributed by atoms with E-state index in [0.29, 0.717) is 6.04 Å². The van der Waals surface area contributed by atoms with E-state index in [1.165, 1.54) is 12.8 Å². The highest BCUT2D eigenvalue weighted by Crippen LogP contribution is 2.35. The molecule has 0 aliphatic heterocycles. The lowest BCUT2D eigenvalue weighted by Gasteiger charge is -2.26. The van der Waals surface area contributed by atoms with E-state index in [4.69, 9.17) is 10.2 Å². The van der Waals surface area contributed by atoms with Gasteiger partial charge in [-0.15, -0.1) is 0 Å². The van der Waals surface area contributed by atoms with Crippen LogP contribution in [0.5, 0.6) is 0 Å². The maximum atomic E-state index is 6.28. The first-order valence-electron chi connectivity index (χ1n) is 7.09. The smallest absolute Gasteiger partial charge is 0.134 e. The molecule has 0 radical (unpaired) electrons. The predicted molar refractivity (Wildman–Crippen MR) is 78.0 cm³/mol. The minimum Gasteiger partial charge on any atom is -0.459 e. The first-order valence-corrected chi connectivity index (χ1v) is 7.09. The van der Waals surface area contributed by atoms with Crippen molar-refractivity contribution < 1.29 is 4.42 Å². The Morgan fingerprint density at radius 1 is 1.37 bits per heavy atom. The van der Waals surface area contributed by atoms with Crippen molar-refractivity contribution in [2.75, 3.05) is 13.6 Å². The van der Waals surface area contributed by atoms with E-state index in [2.05, 4.69) is 31.0 Å². The zero-order chi connectivity index (χ0) is 13.4. The third-order valence-electron chi connectivity index (χ3n) is 4.29. The highest BCUT2D eigenvalue weighted by atomic mass is 16.3. The van der Waals surface area contributed by atoms with Crippen molar-refractivity contribution in [3.8, 4) is 0 Å². The fourth-order valence-electron chi connectivity index (χ4n) is 2.69. The van der Waals surface area contributed by atoms with Gasteiger partial charge in [-0.1, -0.05) is 18.2 Å². The van der Waals surface area contributed by atoms with E-state index in [0.717, 1.165) is 29.2 Å². The average Bonchev–Trinajstić information content (AvgIpc) is 3.16. The number of nitrogens with two attached hydrogens (primary N) is 1. The monoisotopic (exact) mass is 258 g/mol. The third-order valence-corrected chi connectivity index (χ3v) is 4.29. The molecule has 0 saturated heterocycles. The van der Waals surface area contributed by atoms with Gasteiger partial charge in [-0.2, -0.15) is 0 Å². The van der Waals surface area contributed by atoms with Crippen LogP contribution in [0.25, 0.3) is 11.0 Å². The molecule has 1 fully saturated rings. The fourth-order valence-corrected chi connectivity index (χ4v) is 2.69. The Morgan fingerprint density at radius 2 is 2.11 bits per heavy atom. The number of furan rings is 1. The minimum atomic E-state index is -0.0569. The fraction of sp³-hybridized carbons (Fsp3) is 0.500. The average molecular weight is 258 g/mol. The Balaban J connectivity index is 1.70. The van der Waals surface area contributed by atoms with E-state index >= 15 is 0 Å². The molecular formula is C16H22N2O. The Bertz CT molecular complexity index is 526. The summed E-state index contributed by atoms with van der Waals surface area (Å²) in [7, 11) is 2.16. The van der Waals surface area contributed by atoms with Crippen molar-refractivity contribution >= 4 is 11.0 Å². The van der Waals surface area contributed by atoms with Crippen LogP contribution < -0.4 is 5.73 Å². The molecular weight excluding hydrogens is 236 g/mol. The molecule has 1 aromatic heterocycles. The van der Waals surface area contributed by atoms with Gasteiger partial charge in [0.25, 0.3) is 0 Å². The van der Waals surface area contributed by atoms with Crippen LogP contribution in [0.15, 0.2) is 34.7 Å². The molecule has 1 heterocycles. The van der Waals surface area contributed by atoms with Gasteiger partial charge < -0.3 is 15.1 Å². The van der Waals surface area contributed by atoms with Crippen molar-refractivity contribution in [3.05, 3.63) is 36.1 Å². The number of hydrogen-bond acceptors (Lipinski definition) is 3. The second kappa shape index (κ2) is 4.99. The van der Waals surface area contributed by atoms with Gasteiger partial charge in [0.15, 0.2) is 0 Å². The second-order valence-corrected chi connectivity index (χ2v) is 5.81. The molecule has 1 aliphatic carbocycles. The van der Waals surface area contributed by atoms with Crippen LogP contribution in [0.3, 0.4) is 0 Å². The lowest BCUT2D eigenvalue weighted by atomic mass is 10.1. The maximum absolute atomic E-state index is 6.28. The van der Waals surface area contributed by atoms with Crippen LogP contribution >= 0.6 is 0 Å². The van der Waals surface area contributed by atoms with Crippen LogP contribution in [0.2, 0.25) is 0 Å². The quantitative estimate of drug-likeness (QED) is 0.895. The van der Waals surface area contributed by atoms with Crippen LogP contribution in [-0.2, 0) is 0 Å². The number of likely N-dealkylation sites (N-methyl/N-ethyl adjacent to an activating group) is 1. The van der Waals surface area contributed by atoms with E-state index in [-0.39, 0.29) is 6.04 Å². The van der Waals surface area contributed by atoms with Crippen LogP contribution in [-0.4, -0.2) is 24.5 Å². The number of fused-ring (bicyclic) bond motifs is 1. The molecule has 3 rings (SSSR count). The molecule has 2 unspecified atom stereocenters. The summed E-state index contributed by atoms with van der Waals surface area (Å²) in [5.74, 6) is 1.75. The molecule has 3 heteroatoms. The van der Waals surface area contributed by atoms with Crippen molar-refractivity contribution in [2.45, 2.75) is 31.8 Å². The summed E-state index contributed by atoms with van der Waals surface area (Å²) < 4.78 is 5.83. The summed E-state index contributed by atoms with van der Waals surface area (Å²) >= 11 is 0. The molecule has 102 valence electrons. The van der Waals surface area contributed by atoms with Gasteiger partial charge in [0.1, 0.15) is 11.3 Å². The summed E-state index contributed by atoms with van der Waals surface area (Å²) in [5, 5.41) is 1.13. The first kappa shape index (κ1) is 12.7. The molecule has 3 nitrogen and oxygen atoms in total. The van der Waals surface area contributed by atoms with Gasteiger partial charge in [0.2, 0.25) is 0 Å². The van der Waals surface area contributed by atoms with E-state index in [1.54, 1.807) is 0 Å². The number of rotatable bonds is 5. The van der Waals surface area contributed by atoms with Crippen molar-refractivity contribution in [1.29, 1.82) is 0 Å². The second-order valence-electron chi connectivity index (χ2n) is 5.81. The summed E-state index contributed by atoms with van der Waals surface area (Å²) in [6.07, 6.45) is 2.73. The zero-order valence-corrected chi connectivity index (χ0v) is 11.7. The summed E-state index contributed by atoms with van der Waals surface area (Å²) in [6, 6.07) is 10.7. The van der Waals surface area contributed by atoms with E-state index < -0.39 is 0 Å². The number of para-hydroxylation sites is 1. The maximum Gasteiger partial charge on any atom is 0.134 e. The molecule has 1 saturated carbocycles. The highest BCUT2D eigenvalue weighted by molar-refractivity contribution is 5.77. The molecule has 2 atom stereocenters. The lowest BCUT2D eigenvalue weighted by Crippen LogP contribution is -2.36. The third kappa shape index (κ3) is 2.67. The molecule has 2 N–H and O–H groups in total. The minimum absolute atomic E-state index is 0.0569. The van der Waals surface area contributed by atoms with E-state index in [9.17, 15) is 0 Å². The summed E-state index contributed by atoms with van der Waals surface area (Å²) in [4.78, 5) is 2.36. The molecule has 2 aromatic rings. The molecule has 19 heavy (non-hydrogen) atoms. The molecule has 1 aliphatic rings. The van der Waals surface area contributed by atoms with Crippen LogP contribution in [0.1, 0.15) is 31.6 Å². The summed E-state index contributed by atoms with van der Waals surface area (Å²) in [6.45, 7) is 3.14. The highest BCUT2D eigenvalue weighted by Gasteiger charge is 2.31. The Morgan fingerprint density at radius 3 is 2.79 bits per heavy atom. The molecule has 0 spiro atoms. The SMILES string of the molecule is CC(C1CC1)N(C)CC(N)c1cc2ccccc2o1. The number of nitrogens with zero attached hydrogens (tertiary/aromatic N) is 1. The normalized spacial score (nSPS) is 18.9. The van der Waals surface area contributed by atoms with Gasteiger partial charge in [-0.3, -0.25) is 0 Å². The molecule has 0 amide bonds. The van der Waals surface area contributed by atoms with Crippen molar-refractivity contribution in [2.24, 2.45) is 11.7 Å². The Hall–Kier alpha value is -1.32. The first-order chi connectivity index (χ1) is 9.15. The largest absolute Gasteiger partial charge is 0.459 e. The van der Waals surface area contributed by atoms with Crippen molar-refractivity contribution in [3.63, 3.8) is 0 Å². The number of hydrogen-bond donors (Lipinski definition) is 1. The standard InChI is InChI=1S/C16H22N2O/c1-11(12-7-8-12)18(2)10-14(17)16-9-13-5-3-4-6-15(13)19-16/h3-6,9,11-12,14H,7-8,10,17H2,1-2H3. The Kier molecular flexibility index (Phi) is 3.33. The van der Waals surface area contributed by atoms with Gasteiger partial charge >= 0.3 is 0 Å². The van der Waals surface area contributed by atoms with Gasteiger partial charge in [0.05, 0.1) is 6.04 Å². The van der Waals surface area contributed by atoms with Crippen LogP contribution in [0.4, 0.5) is 0 Å². The van der Waals surface area contributed by atoms with Crippen molar-refractivity contribution in [1.82, 2.24) is 4.90 Å². The van der Waals surface area contributed by atoms with Gasteiger partial charge in [-0.05, 0) is 44.9 Å². The van der Waals surface area contributed by atoms with Gasteiger partial charge in [0, 0.05) is 18.0 Å². The molecule has 1 aromatic carbocycles. The topological polar surface area (TPSA) is 42.4 Å². The zero-order valence-electron chi connectivity index (χ0n) is 11.7. The van der Waals surface area contributed by atoms with Crippen LogP contribution in [0, 0.1) is 5.92 Å². The number of benzene rings is 1. The van der Waals surface area contributed by atoms with Gasteiger partial charge in [-0.25, -0.2) is 0 Å².